The molecule has 0 radical (unpaired) electrons. The Hall–Kier alpha value is -1.06. The largest absolute Gasteiger partial charge is 0.371 e. The fourth-order valence-electron chi connectivity index (χ4n) is 1.15. The van der Waals surface area contributed by atoms with Crippen molar-refractivity contribution in [1.29, 1.82) is 0 Å². The normalized spacial score (nSPS) is 9.83. The van der Waals surface area contributed by atoms with Gasteiger partial charge in [-0.1, -0.05) is 25.1 Å². The predicted molar refractivity (Wildman–Crippen MR) is 51.6 cm³/mol. The van der Waals surface area contributed by atoms with Gasteiger partial charge in [0.2, 0.25) is 0 Å². The van der Waals surface area contributed by atoms with E-state index in [1.807, 2.05) is 12.1 Å². The predicted octanol–water partition coefficient (Wildman–Crippen LogP) is 1.08. The van der Waals surface area contributed by atoms with Crippen molar-refractivity contribution in [3.8, 4) is 0 Å². The number of para-hydroxylation sites is 1. The molecule has 0 amide bonds. The Kier molecular flexibility index (Phi) is 3.57. The van der Waals surface area contributed by atoms with Crippen LogP contribution in [0.4, 0.5) is 5.69 Å². The second-order valence-electron chi connectivity index (χ2n) is 2.57. The van der Waals surface area contributed by atoms with E-state index in [1.54, 1.807) is 0 Å². The molecule has 4 N–H and O–H groups in total. The van der Waals surface area contributed by atoms with Crippen molar-refractivity contribution < 1.29 is 0 Å². The number of hydrazine groups is 1. The van der Waals surface area contributed by atoms with Crippen LogP contribution in [-0.4, -0.2) is 6.67 Å². The number of hydrogen-bond acceptors (Lipinski definition) is 3. The Morgan fingerprint density at radius 3 is 2.75 bits per heavy atom. The molecular formula is C9H15N3. The SMILES string of the molecule is CCc1ccccc1NCNN. The van der Waals surface area contributed by atoms with Crippen LogP contribution in [0.2, 0.25) is 0 Å². The van der Waals surface area contributed by atoms with Crippen molar-refractivity contribution in [2.75, 3.05) is 12.0 Å². The number of nitrogens with two attached hydrogens (primary N) is 1. The molecule has 3 heteroatoms. The average Bonchev–Trinajstić information content (AvgIpc) is 2.15. The van der Waals surface area contributed by atoms with E-state index in [4.69, 9.17) is 5.84 Å². The third-order valence-electron chi connectivity index (χ3n) is 1.78. The zero-order valence-corrected chi connectivity index (χ0v) is 7.30. The van der Waals surface area contributed by atoms with Gasteiger partial charge in [-0.2, -0.15) is 0 Å². The minimum Gasteiger partial charge on any atom is -0.371 e. The van der Waals surface area contributed by atoms with Crippen LogP contribution in [-0.2, 0) is 6.42 Å². The van der Waals surface area contributed by atoms with Crippen LogP contribution in [0, 0.1) is 0 Å². The third-order valence-corrected chi connectivity index (χ3v) is 1.78. The molecule has 66 valence electrons. The van der Waals surface area contributed by atoms with Crippen molar-refractivity contribution in [3.63, 3.8) is 0 Å². The Balaban J connectivity index is 2.68. The van der Waals surface area contributed by atoms with Gasteiger partial charge in [-0.3, -0.25) is 5.84 Å². The molecule has 1 aromatic rings. The lowest BCUT2D eigenvalue weighted by Crippen LogP contribution is -2.28. The molecule has 12 heavy (non-hydrogen) atoms. The summed E-state index contributed by atoms with van der Waals surface area (Å²) in [5, 5.41) is 3.18. The maximum absolute atomic E-state index is 5.16. The Morgan fingerprint density at radius 2 is 2.08 bits per heavy atom. The van der Waals surface area contributed by atoms with Gasteiger partial charge in [0, 0.05) is 5.69 Å². The molecule has 0 saturated carbocycles. The smallest absolute Gasteiger partial charge is 0.0780 e. The summed E-state index contributed by atoms with van der Waals surface area (Å²) in [5.74, 6) is 5.16. The van der Waals surface area contributed by atoms with E-state index in [-0.39, 0.29) is 0 Å². The van der Waals surface area contributed by atoms with Gasteiger partial charge in [0.1, 0.15) is 0 Å². The summed E-state index contributed by atoms with van der Waals surface area (Å²) in [6, 6.07) is 8.22. The number of aryl methyl sites for hydroxylation is 1. The van der Waals surface area contributed by atoms with Gasteiger partial charge in [-0.25, -0.2) is 5.43 Å². The highest BCUT2D eigenvalue weighted by molar-refractivity contribution is 5.50. The summed E-state index contributed by atoms with van der Waals surface area (Å²) >= 11 is 0. The van der Waals surface area contributed by atoms with E-state index in [1.165, 1.54) is 5.56 Å². The van der Waals surface area contributed by atoms with Crippen LogP contribution >= 0.6 is 0 Å². The summed E-state index contributed by atoms with van der Waals surface area (Å²) in [5.41, 5.74) is 5.02. The van der Waals surface area contributed by atoms with Crippen molar-refractivity contribution >= 4 is 5.69 Å². The fourth-order valence-corrected chi connectivity index (χ4v) is 1.15. The molecule has 3 nitrogen and oxygen atoms in total. The van der Waals surface area contributed by atoms with Crippen molar-refractivity contribution in [2.45, 2.75) is 13.3 Å². The number of anilines is 1. The maximum atomic E-state index is 5.16. The molecule has 0 saturated heterocycles. The highest BCUT2D eigenvalue weighted by Crippen LogP contribution is 2.14. The van der Waals surface area contributed by atoms with E-state index in [2.05, 4.69) is 29.8 Å². The van der Waals surface area contributed by atoms with Crippen LogP contribution < -0.4 is 16.6 Å². The zero-order valence-electron chi connectivity index (χ0n) is 7.30. The van der Waals surface area contributed by atoms with Gasteiger partial charge in [0.05, 0.1) is 6.67 Å². The van der Waals surface area contributed by atoms with Crippen LogP contribution in [0.25, 0.3) is 0 Å². The van der Waals surface area contributed by atoms with Gasteiger partial charge in [-0.05, 0) is 18.1 Å². The fraction of sp³-hybridized carbons (Fsp3) is 0.333. The number of benzene rings is 1. The lowest BCUT2D eigenvalue weighted by Gasteiger charge is -2.09. The minimum absolute atomic E-state index is 0.594. The zero-order chi connectivity index (χ0) is 8.81. The van der Waals surface area contributed by atoms with Gasteiger partial charge >= 0.3 is 0 Å². The Bertz CT molecular complexity index is 235. The van der Waals surface area contributed by atoms with Gasteiger partial charge in [0.25, 0.3) is 0 Å². The third kappa shape index (κ3) is 2.22. The molecule has 0 aromatic heterocycles. The van der Waals surface area contributed by atoms with Crippen LogP contribution in [0.3, 0.4) is 0 Å². The highest BCUT2D eigenvalue weighted by Gasteiger charge is 1.95. The van der Waals surface area contributed by atoms with Gasteiger partial charge < -0.3 is 5.32 Å². The molecule has 0 atom stereocenters. The molecule has 1 rings (SSSR count). The molecule has 0 aliphatic rings. The molecule has 0 bridgehead atoms. The molecule has 0 aliphatic carbocycles. The Labute approximate surface area is 72.9 Å². The molecule has 0 aliphatic heterocycles. The van der Waals surface area contributed by atoms with E-state index < -0.39 is 0 Å². The van der Waals surface area contributed by atoms with E-state index in [9.17, 15) is 0 Å². The highest BCUT2D eigenvalue weighted by atomic mass is 15.3. The molecular weight excluding hydrogens is 150 g/mol. The molecule has 0 unspecified atom stereocenters. The minimum atomic E-state index is 0.594. The number of nitrogens with one attached hydrogen (secondary N) is 2. The first-order valence-electron chi connectivity index (χ1n) is 4.13. The monoisotopic (exact) mass is 165 g/mol. The lowest BCUT2D eigenvalue weighted by molar-refractivity contribution is 0.789. The second-order valence-corrected chi connectivity index (χ2v) is 2.57. The molecule has 0 spiro atoms. The summed E-state index contributed by atoms with van der Waals surface area (Å²) in [4.78, 5) is 0. The number of rotatable bonds is 4. The summed E-state index contributed by atoms with van der Waals surface area (Å²) < 4.78 is 0. The Morgan fingerprint density at radius 1 is 1.33 bits per heavy atom. The summed E-state index contributed by atoms with van der Waals surface area (Å²) in [6.45, 7) is 2.73. The lowest BCUT2D eigenvalue weighted by atomic mass is 10.1. The second kappa shape index (κ2) is 4.74. The van der Waals surface area contributed by atoms with E-state index >= 15 is 0 Å². The summed E-state index contributed by atoms with van der Waals surface area (Å²) in [6.07, 6.45) is 1.04. The van der Waals surface area contributed by atoms with Crippen LogP contribution in [0.15, 0.2) is 24.3 Å². The molecule has 0 fully saturated rings. The quantitative estimate of drug-likeness (QED) is 0.355. The topological polar surface area (TPSA) is 50.1 Å². The first kappa shape index (κ1) is 9.03. The molecule has 1 aromatic carbocycles. The maximum Gasteiger partial charge on any atom is 0.0780 e. The van der Waals surface area contributed by atoms with Crippen LogP contribution in [0.5, 0.6) is 0 Å². The van der Waals surface area contributed by atoms with E-state index in [0.717, 1.165) is 12.1 Å². The first-order chi connectivity index (χ1) is 5.88. The number of hydrogen-bond donors (Lipinski definition) is 3. The van der Waals surface area contributed by atoms with Crippen molar-refractivity contribution in [2.24, 2.45) is 5.84 Å². The first-order valence-corrected chi connectivity index (χ1v) is 4.13. The summed E-state index contributed by atoms with van der Waals surface area (Å²) in [7, 11) is 0. The van der Waals surface area contributed by atoms with Gasteiger partial charge in [0.15, 0.2) is 0 Å². The van der Waals surface area contributed by atoms with E-state index in [0.29, 0.717) is 6.67 Å². The average molecular weight is 165 g/mol. The van der Waals surface area contributed by atoms with Crippen LogP contribution in [0.1, 0.15) is 12.5 Å². The molecule has 0 heterocycles. The van der Waals surface area contributed by atoms with Crippen molar-refractivity contribution in [1.82, 2.24) is 5.43 Å². The standard InChI is InChI=1S/C9H15N3/c1-2-8-5-3-4-6-9(8)11-7-12-10/h3-6,11-12H,2,7,10H2,1H3. The van der Waals surface area contributed by atoms with Crippen molar-refractivity contribution in [3.05, 3.63) is 29.8 Å². The van der Waals surface area contributed by atoms with Gasteiger partial charge in [-0.15, -0.1) is 0 Å².